The molecule has 1 aromatic heterocycles. The van der Waals surface area contributed by atoms with Crippen LogP contribution in [0.2, 0.25) is 0 Å². The number of benzene rings is 1. The van der Waals surface area contributed by atoms with Gasteiger partial charge in [-0.15, -0.1) is 0 Å². The Kier molecular flexibility index (Phi) is 5.10. The predicted octanol–water partition coefficient (Wildman–Crippen LogP) is 1.63. The molecule has 2 heterocycles. The van der Waals surface area contributed by atoms with Gasteiger partial charge in [0.1, 0.15) is 5.75 Å². The normalized spacial score (nSPS) is 17.2. The Morgan fingerprint density at radius 1 is 1.42 bits per heavy atom. The largest absolute Gasteiger partial charge is 0.497 e. The predicted molar refractivity (Wildman–Crippen MR) is 88.4 cm³/mol. The number of aromatic nitrogens is 2. The van der Waals surface area contributed by atoms with Crippen molar-refractivity contribution in [2.75, 3.05) is 20.2 Å². The number of likely N-dealkylation sites (tertiary alicyclic amines) is 1. The van der Waals surface area contributed by atoms with Crippen molar-refractivity contribution in [3.63, 3.8) is 0 Å². The van der Waals surface area contributed by atoms with Gasteiger partial charge in [0.15, 0.2) is 0 Å². The van der Waals surface area contributed by atoms with Crippen LogP contribution in [0.15, 0.2) is 28.8 Å². The molecule has 1 atom stereocenters. The van der Waals surface area contributed by atoms with Gasteiger partial charge in [-0.05, 0) is 37.1 Å². The molecule has 24 heavy (non-hydrogen) atoms. The summed E-state index contributed by atoms with van der Waals surface area (Å²) in [6, 6.07) is 7.60. The third kappa shape index (κ3) is 3.56. The highest BCUT2D eigenvalue weighted by atomic mass is 16.5. The van der Waals surface area contributed by atoms with E-state index in [0.717, 1.165) is 30.7 Å². The van der Waals surface area contributed by atoms with Crippen molar-refractivity contribution in [1.82, 2.24) is 15.0 Å². The number of nitrogens with zero attached hydrogens (tertiary/aromatic N) is 3. The minimum absolute atomic E-state index is 0.104. The number of ether oxygens (including phenoxy) is 1. The molecule has 1 fully saturated rings. The van der Waals surface area contributed by atoms with E-state index in [1.54, 1.807) is 7.11 Å². The number of carbonyl (C=O) groups is 1. The van der Waals surface area contributed by atoms with Crippen LogP contribution >= 0.6 is 0 Å². The third-order valence-corrected chi connectivity index (χ3v) is 4.34. The third-order valence-electron chi connectivity index (χ3n) is 4.34. The number of nitrogens with two attached hydrogens (primary N) is 1. The maximum atomic E-state index is 12.3. The van der Waals surface area contributed by atoms with Crippen LogP contribution in [0, 0.1) is 0 Å². The maximum absolute atomic E-state index is 12.3. The molecule has 2 aromatic rings. The molecule has 0 bridgehead atoms. The van der Waals surface area contributed by atoms with Crippen molar-refractivity contribution >= 4 is 5.91 Å². The quantitative estimate of drug-likeness (QED) is 0.865. The van der Waals surface area contributed by atoms with Gasteiger partial charge in [-0.25, -0.2) is 0 Å². The second kappa shape index (κ2) is 7.44. The van der Waals surface area contributed by atoms with Crippen LogP contribution in [0.4, 0.5) is 0 Å². The summed E-state index contributed by atoms with van der Waals surface area (Å²) < 4.78 is 10.4. The second-order valence-corrected chi connectivity index (χ2v) is 5.86. The monoisotopic (exact) mass is 330 g/mol. The van der Waals surface area contributed by atoms with Gasteiger partial charge in [-0.1, -0.05) is 5.16 Å². The van der Waals surface area contributed by atoms with Gasteiger partial charge < -0.3 is 19.9 Å². The summed E-state index contributed by atoms with van der Waals surface area (Å²) in [4.78, 5) is 18.5. The Hall–Kier alpha value is -2.41. The Labute approximate surface area is 140 Å². The lowest BCUT2D eigenvalue weighted by Crippen LogP contribution is -2.40. The number of aryl methyl sites for hydroxylation is 1. The summed E-state index contributed by atoms with van der Waals surface area (Å²) >= 11 is 0. The molecule has 7 heteroatoms. The smallest absolute Gasteiger partial charge is 0.227 e. The Balaban J connectivity index is 1.58. The number of rotatable bonds is 6. The summed E-state index contributed by atoms with van der Waals surface area (Å²) in [5.74, 6) is 1.86. The first-order valence-electron chi connectivity index (χ1n) is 8.18. The SMILES string of the molecule is COc1ccc(-c2noc(CCC(=O)N3CCCC3CN)n2)cc1. The number of hydrogen-bond acceptors (Lipinski definition) is 6. The number of carbonyl (C=O) groups excluding carboxylic acids is 1. The van der Waals surface area contributed by atoms with Crippen molar-refractivity contribution in [3.05, 3.63) is 30.2 Å². The molecule has 0 radical (unpaired) electrons. The van der Waals surface area contributed by atoms with Gasteiger partial charge in [0.25, 0.3) is 0 Å². The van der Waals surface area contributed by atoms with Crippen LogP contribution in [0.25, 0.3) is 11.4 Å². The molecule has 3 rings (SSSR count). The van der Waals surface area contributed by atoms with Crippen molar-refractivity contribution in [3.8, 4) is 17.1 Å². The lowest BCUT2D eigenvalue weighted by Gasteiger charge is -2.23. The average Bonchev–Trinajstić information content (AvgIpc) is 3.29. The Morgan fingerprint density at radius 3 is 2.92 bits per heavy atom. The van der Waals surface area contributed by atoms with E-state index >= 15 is 0 Å². The molecule has 1 aliphatic heterocycles. The fraction of sp³-hybridized carbons (Fsp3) is 0.471. The van der Waals surface area contributed by atoms with Crippen molar-refractivity contribution in [1.29, 1.82) is 0 Å². The molecule has 1 amide bonds. The number of amides is 1. The molecular formula is C17H22N4O3. The molecule has 1 unspecified atom stereocenters. The van der Waals surface area contributed by atoms with Crippen LogP contribution < -0.4 is 10.5 Å². The van der Waals surface area contributed by atoms with Crippen molar-refractivity contribution in [2.24, 2.45) is 5.73 Å². The number of hydrogen-bond donors (Lipinski definition) is 1. The first kappa shape index (κ1) is 16.4. The first-order valence-corrected chi connectivity index (χ1v) is 8.18. The Bertz CT molecular complexity index is 683. The zero-order valence-electron chi connectivity index (χ0n) is 13.8. The van der Waals surface area contributed by atoms with Crippen LogP contribution in [0.3, 0.4) is 0 Å². The molecule has 0 saturated carbocycles. The van der Waals surface area contributed by atoms with E-state index in [2.05, 4.69) is 10.1 Å². The van der Waals surface area contributed by atoms with E-state index in [0.29, 0.717) is 31.1 Å². The highest BCUT2D eigenvalue weighted by molar-refractivity contribution is 5.77. The van der Waals surface area contributed by atoms with E-state index in [4.69, 9.17) is 15.0 Å². The minimum atomic E-state index is 0.104. The summed E-state index contributed by atoms with van der Waals surface area (Å²) in [6.07, 6.45) is 2.82. The second-order valence-electron chi connectivity index (χ2n) is 5.86. The van der Waals surface area contributed by atoms with Gasteiger partial charge in [0.05, 0.1) is 7.11 Å². The van der Waals surface area contributed by atoms with Crippen LogP contribution in [-0.2, 0) is 11.2 Å². The molecule has 1 aromatic carbocycles. The van der Waals surface area contributed by atoms with E-state index in [9.17, 15) is 4.79 Å². The first-order chi connectivity index (χ1) is 11.7. The van der Waals surface area contributed by atoms with E-state index in [1.165, 1.54) is 0 Å². The standard InChI is InChI=1S/C17H22N4O3/c1-23-14-6-4-12(5-7-14)17-19-15(24-20-17)8-9-16(22)21-10-2-3-13(21)11-18/h4-7,13H,2-3,8-11,18H2,1H3. The van der Waals surface area contributed by atoms with Gasteiger partial charge in [-0.3, -0.25) is 4.79 Å². The van der Waals surface area contributed by atoms with Crippen molar-refractivity contribution < 1.29 is 14.1 Å². The highest BCUT2D eigenvalue weighted by Gasteiger charge is 2.27. The highest BCUT2D eigenvalue weighted by Crippen LogP contribution is 2.21. The van der Waals surface area contributed by atoms with Crippen LogP contribution in [-0.4, -0.2) is 47.2 Å². The van der Waals surface area contributed by atoms with E-state index in [1.807, 2.05) is 29.2 Å². The summed E-state index contributed by atoms with van der Waals surface area (Å²) in [6.45, 7) is 1.32. The molecule has 1 aliphatic rings. The Morgan fingerprint density at radius 2 is 2.21 bits per heavy atom. The lowest BCUT2D eigenvalue weighted by atomic mass is 10.2. The number of methoxy groups -OCH3 is 1. The zero-order chi connectivity index (χ0) is 16.9. The summed E-state index contributed by atoms with van der Waals surface area (Å²) in [5, 5.41) is 3.98. The van der Waals surface area contributed by atoms with Gasteiger partial charge in [0, 0.05) is 37.5 Å². The van der Waals surface area contributed by atoms with Gasteiger partial charge >= 0.3 is 0 Å². The maximum Gasteiger partial charge on any atom is 0.227 e. The van der Waals surface area contributed by atoms with Gasteiger partial charge in [0.2, 0.25) is 17.6 Å². The minimum Gasteiger partial charge on any atom is -0.497 e. The molecule has 0 aliphatic carbocycles. The molecular weight excluding hydrogens is 308 g/mol. The molecule has 128 valence electrons. The summed E-state index contributed by atoms with van der Waals surface area (Å²) in [7, 11) is 1.62. The van der Waals surface area contributed by atoms with Gasteiger partial charge in [-0.2, -0.15) is 4.98 Å². The molecule has 1 saturated heterocycles. The molecule has 7 nitrogen and oxygen atoms in total. The van der Waals surface area contributed by atoms with E-state index in [-0.39, 0.29) is 11.9 Å². The van der Waals surface area contributed by atoms with Crippen LogP contribution in [0.5, 0.6) is 5.75 Å². The van der Waals surface area contributed by atoms with Crippen LogP contribution in [0.1, 0.15) is 25.2 Å². The lowest BCUT2D eigenvalue weighted by molar-refractivity contribution is -0.131. The summed E-state index contributed by atoms with van der Waals surface area (Å²) in [5.41, 5.74) is 6.56. The van der Waals surface area contributed by atoms with E-state index < -0.39 is 0 Å². The average molecular weight is 330 g/mol. The topological polar surface area (TPSA) is 94.5 Å². The fourth-order valence-electron chi connectivity index (χ4n) is 2.98. The molecule has 2 N–H and O–H groups in total. The van der Waals surface area contributed by atoms with Crippen molar-refractivity contribution in [2.45, 2.75) is 31.7 Å². The fourth-order valence-corrected chi connectivity index (χ4v) is 2.98. The molecule has 0 spiro atoms. The zero-order valence-corrected chi connectivity index (χ0v) is 13.8.